The third kappa shape index (κ3) is 2.88. The zero-order valence-corrected chi connectivity index (χ0v) is 11.3. The summed E-state index contributed by atoms with van der Waals surface area (Å²) in [4.78, 5) is 5.24. The molecule has 2 aromatic rings. The van der Waals surface area contributed by atoms with Crippen LogP contribution in [-0.4, -0.2) is 4.98 Å². The highest BCUT2D eigenvalue weighted by Crippen LogP contribution is 2.23. The standard InChI is InChI=1S/C14H15N3S/c1-14(2,9-15)11-3-5-12(6-4-11)17-8-13-7-16-10-18-13/h3-7,10,17H,8H2,1-2H3. The maximum absolute atomic E-state index is 9.07. The van der Waals surface area contributed by atoms with Gasteiger partial charge in [0.2, 0.25) is 0 Å². The van der Waals surface area contributed by atoms with E-state index in [2.05, 4.69) is 16.4 Å². The van der Waals surface area contributed by atoms with Gasteiger partial charge in [-0.05, 0) is 31.5 Å². The highest BCUT2D eigenvalue weighted by atomic mass is 32.1. The van der Waals surface area contributed by atoms with Crippen LogP contribution in [0.5, 0.6) is 0 Å². The number of benzene rings is 1. The van der Waals surface area contributed by atoms with Gasteiger partial charge < -0.3 is 5.32 Å². The molecule has 0 atom stereocenters. The lowest BCUT2D eigenvalue weighted by Crippen LogP contribution is -2.13. The third-order valence-electron chi connectivity index (χ3n) is 2.84. The van der Waals surface area contributed by atoms with E-state index < -0.39 is 5.41 Å². The van der Waals surface area contributed by atoms with Gasteiger partial charge in [0, 0.05) is 16.8 Å². The number of aromatic nitrogens is 1. The van der Waals surface area contributed by atoms with Crippen molar-refractivity contribution in [2.45, 2.75) is 25.8 Å². The van der Waals surface area contributed by atoms with Crippen molar-refractivity contribution in [1.29, 1.82) is 5.26 Å². The molecule has 0 amide bonds. The van der Waals surface area contributed by atoms with Crippen LogP contribution >= 0.6 is 11.3 Å². The van der Waals surface area contributed by atoms with E-state index in [1.165, 1.54) is 4.88 Å². The molecule has 0 fully saturated rings. The van der Waals surface area contributed by atoms with Gasteiger partial charge in [0.15, 0.2) is 0 Å². The molecular weight excluding hydrogens is 242 g/mol. The van der Waals surface area contributed by atoms with Gasteiger partial charge >= 0.3 is 0 Å². The Morgan fingerprint density at radius 1 is 1.33 bits per heavy atom. The molecule has 0 aliphatic rings. The molecule has 0 saturated heterocycles. The Kier molecular flexibility index (Phi) is 3.63. The first-order valence-electron chi connectivity index (χ1n) is 5.75. The molecule has 0 spiro atoms. The van der Waals surface area contributed by atoms with Crippen molar-refractivity contribution in [2.75, 3.05) is 5.32 Å². The number of thiazole rings is 1. The van der Waals surface area contributed by atoms with Crippen molar-refractivity contribution < 1.29 is 0 Å². The molecule has 92 valence electrons. The molecule has 0 aliphatic carbocycles. The monoisotopic (exact) mass is 257 g/mol. The van der Waals surface area contributed by atoms with E-state index in [-0.39, 0.29) is 0 Å². The normalized spacial score (nSPS) is 10.9. The van der Waals surface area contributed by atoms with Crippen molar-refractivity contribution in [3.8, 4) is 6.07 Å². The van der Waals surface area contributed by atoms with Crippen LogP contribution in [0.1, 0.15) is 24.3 Å². The first kappa shape index (κ1) is 12.6. The second-order valence-electron chi connectivity index (χ2n) is 4.64. The van der Waals surface area contributed by atoms with Crippen molar-refractivity contribution >= 4 is 17.0 Å². The minimum absolute atomic E-state index is 0.434. The van der Waals surface area contributed by atoms with Gasteiger partial charge in [0.05, 0.1) is 23.5 Å². The topological polar surface area (TPSA) is 48.7 Å². The smallest absolute Gasteiger partial charge is 0.0794 e. The highest BCUT2D eigenvalue weighted by molar-refractivity contribution is 7.09. The van der Waals surface area contributed by atoms with E-state index in [4.69, 9.17) is 5.26 Å². The van der Waals surface area contributed by atoms with Crippen molar-refractivity contribution in [3.63, 3.8) is 0 Å². The van der Waals surface area contributed by atoms with Gasteiger partial charge in [-0.1, -0.05) is 12.1 Å². The summed E-state index contributed by atoms with van der Waals surface area (Å²) in [5.41, 5.74) is 3.49. The van der Waals surface area contributed by atoms with Crippen LogP contribution in [0.4, 0.5) is 5.69 Å². The Labute approximate surface area is 111 Å². The van der Waals surface area contributed by atoms with Crippen LogP contribution in [-0.2, 0) is 12.0 Å². The molecule has 1 heterocycles. The molecule has 0 radical (unpaired) electrons. The van der Waals surface area contributed by atoms with Gasteiger partial charge in [0.1, 0.15) is 0 Å². The Balaban J connectivity index is 2.02. The third-order valence-corrected chi connectivity index (χ3v) is 3.62. The average Bonchev–Trinajstić information content (AvgIpc) is 2.90. The summed E-state index contributed by atoms with van der Waals surface area (Å²) < 4.78 is 0. The number of nitrogens with zero attached hydrogens (tertiary/aromatic N) is 2. The van der Waals surface area contributed by atoms with Crippen molar-refractivity contribution in [2.24, 2.45) is 0 Å². The highest BCUT2D eigenvalue weighted by Gasteiger charge is 2.18. The van der Waals surface area contributed by atoms with E-state index in [9.17, 15) is 0 Å². The summed E-state index contributed by atoms with van der Waals surface area (Å²) in [6.45, 7) is 4.63. The average molecular weight is 257 g/mol. The SMILES string of the molecule is CC(C)(C#N)c1ccc(NCc2cncs2)cc1. The van der Waals surface area contributed by atoms with E-state index in [1.807, 2.05) is 49.8 Å². The van der Waals surface area contributed by atoms with Crippen LogP contribution in [0, 0.1) is 11.3 Å². The maximum Gasteiger partial charge on any atom is 0.0794 e. The number of anilines is 1. The molecular formula is C14H15N3S. The molecule has 4 heteroatoms. The number of nitriles is 1. The second kappa shape index (κ2) is 5.19. The Morgan fingerprint density at radius 2 is 2.06 bits per heavy atom. The Bertz CT molecular complexity index is 535. The van der Waals surface area contributed by atoms with E-state index >= 15 is 0 Å². The van der Waals surface area contributed by atoms with Crippen LogP contribution in [0.15, 0.2) is 36.0 Å². The molecule has 0 saturated carbocycles. The van der Waals surface area contributed by atoms with E-state index in [0.717, 1.165) is 17.8 Å². The lowest BCUT2D eigenvalue weighted by molar-refractivity contribution is 0.687. The number of hydrogen-bond acceptors (Lipinski definition) is 4. The molecule has 2 rings (SSSR count). The van der Waals surface area contributed by atoms with Crippen LogP contribution in [0.3, 0.4) is 0 Å². The molecule has 0 aliphatic heterocycles. The maximum atomic E-state index is 9.07. The van der Waals surface area contributed by atoms with Gasteiger partial charge in [-0.15, -0.1) is 11.3 Å². The lowest BCUT2D eigenvalue weighted by atomic mass is 9.86. The number of rotatable bonds is 4. The van der Waals surface area contributed by atoms with E-state index in [0.29, 0.717) is 0 Å². The van der Waals surface area contributed by atoms with Gasteiger partial charge in [-0.2, -0.15) is 5.26 Å². The van der Waals surface area contributed by atoms with Gasteiger partial charge in [0.25, 0.3) is 0 Å². The minimum atomic E-state index is -0.434. The van der Waals surface area contributed by atoms with Gasteiger partial charge in [-0.25, -0.2) is 0 Å². The van der Waals surface area contributed by atoms with Crippen LogP contribution in [0.2, 0.25) is 0 Å². The summed E-state index contributed by atoms with van der Waals surface area (Å²) >= 11 is 1.64. The Morgan fingerprint density at radius 3 is 2.61 bits per heavy atom. The summed E-state index contributed by atoms with van der Waals surface area (Å²) in [7, 11) is 0. The molecule has 0 bridgehead atoms. The fraction of sp³-hybridized carbons (Fsp3) is 0.286. The second-order valence-corrected chi connectivity index (χ2v) is 5.61. The Hall–Kier alpha value is -1.86. The fourth-order valence-electron chi connectivity index (χ4n) is 1.59. The summed E-state index contributed by atoms with van der Waals surface area (Å²) in [5, 5.41) is 12.4. The van der Waals surface area contributed by atoms with E-state index in [1.54, 1.807) is 11.3 Å². The molecule has 1 aromatic heterocycles. The molecule has 18 heavy (non-hydrogen) atoms. The summed E-state index contributed by atoms with van der Waals surface area (Å²) in [5.74, 6) is 0. The molecule has 1 aromatic carbocycles. The summed E-state index contributed by atoms with van der Waals surface area (Å²) in [6.07, 6.45) is 1.87. The predicted octanol–water partition coefficient (Wildman–Crippen LogP) is 3.56. The lowest BCUT2D eigenvalue weighted by Gasteiger charge is -2.16. The number of hydrogen-bond donors (Lipinski definition) is 1. The molecule has 3 nitrogen and oxygen atoms in total. The largest absolute Gasteiger partial charge is 0.380 e. The molecule has 0 unspecified atom stereocenters. The zero-order valence-electron chi connectivity index (χ0n) is 10.5. The van der Waals surface area contributed by atoms with Gasteiger partial charge in [-0.3, -0.25) is 4.98 Å². The quantitative estimate of drug-likeness (QED) is 0.911. The van der Waals surface area contributed by atoms with Crippen molar-refractivity contribution in [1.82, 2.24) is 4.98 Å². The first-order chi connectivity index (χ1) is 8.62. The predicted molar refractivity (Wildman–Crippen MR) is 74.5 cm³/mol. The molecule has 1 N–H and O–H groups in total. The van der Waals surface area contributed by atoms with Crippen LogP contribution in [0.25, 0.3) is 0 Å². The minimum Gasteiger partial charge on any atom is -0.380 e. The fourth-order valence-corrected chi connectivity index (χ4v) is 2.12. The summed E-state index contributed by atoms with van der Waals surface area (Å²) in [6, 6.07) is 10.3. The van der Waals surface area contributed by atoms with Crippen molar-refractivity contribution in [3.05, 3.63) is 46.4 Å². The zero-order chi connectivity index (χ0) is 13.0. The van der Waals surface area contributed by atoms with Crippen LogP contribution < -0.4 is 5.32 Å². The first-order valence-corrected chi connectivity index (χ1v) is 6.63. The number of nitrogens with one attached hydrogen (secondary N) is 1.